The average molecular weight is 260 g/mol. The van der Waals surface area contributed by atoms with E-state index in [-0.39, 0.29) is 0 Å². The molecule has 2 aromatic carbocycles. The summed E-state index contributed by atoms with van der Waals surface area (Å²) in [5.41, 5.74) is 8.05. The Morgan fingerprint density at radius 1 is 1.06 bits per heavy atom. The van der Waals surface area contributed by atoms with E-state index in [4.69, 9.17) is 17.3 Å². The van der Waals surface area contributed by atoms with Gasteiger partial charge in [0.15, 0.2) is 0 Å². The molecule has 0 aliphatic rings. The number of hydrogen-bond acceptors (Lipinski definition) is 1. The van der Waals surface area contributed by atoms with Gasteiger partial charge < -0.3 is 5.73 Å². The molecule has 2 N–H and O–H groups in total. The van der Waals surface area contributed by atoms with Gasteiger partial charge in [0.2, 0.25) is 5.91 Å². The number of hydrogen-bond donors (Lipinski definition) is 1. The van der Waals surface area contributed by atoms with Crippen LogP contribution in [0.1, 0.15) is 21.5 Å². The first-order valence-electron chi connectivity index (χ1n) is 5.79. The van der Waals surface area contributed by atoms with Crippen LogP contribution >= 0.6 is 11.6 Å². The summed E-state index contributed by atoms with van der Waals surface area (Å²) < 4.78 is 0. The Kier molecular flexibility index (Phi) is 4.00. The lowest BCUT2D eigenvalue weighted by Gasteiger charge is -2.07. The topological polar surface area (TPSA) is 43.1 Å². The molecule has 0 spiro atoms. The Labute approximate surface area is 111 Å². The van der Waals surface area contributed by atoms with Crippen molar-refractivity contribution < 1.29 is 4.79 Å². The zero-order valence-electron chi connectivity index (χ0n) is 9.90. The molecule has 0 aliphatic carbocycles. The third-order valence-corrected chi connectivity index (χ3v) is 3.10. The second-order valence-electron chi connectivity index (χ2n) is 4.15. The summed E-state index contributed by atoms with van der Waals surface area (Å²) in [7, 11) is 0. The number of halogens is 1. The van der Waals surface area contributed by atoms with Crippen LogP contribution in [0.3, 0.4) is 0 Å². The van der Waals surface area contributed by atoms with Crippen molar-refractivity contribution in [2.24, 2.45) is 5.73 Å². The first-order chi connectivity index (χ1) is 8.66. The number of amides is 1. The number of aryl methyl sites for hydroxylation is 2. The highest BCUT2D eigenvalue weighted by atomic mass is 35.5. The maximum absolute atomic E-state index is 11.3. The van der Waals surface area contributed by atoms with Crippen molar-refractivity contribution >= 4 is 17.5 Å². The highest BCUT2D eigenvalue weighted by Gasteiger charge is 2.08. The molecule has 18 heavy (non-hydrogen) atoms. The van der Waals surface area contributed by atoms with Crippen LogP contribution in [0, 0.1) is 0 Å². The molecule has 0 aromatic heterocycles. The molecule has 1 amide bonds. The fourth-order valence-electron chi connectivity index (χ4n) is 1.92. The zero-order valence-corrected chi connectivity index (χ0v) is 10.7. The summed E-state index contributed by atoms with van der Waals surface area (Å²) >= 11 is 5.87. The Balaban J connectivity index is 2.17. The van der Waals surface area contributed by atoms with Gasteiger partial charge in [-0.2, -0.15) is 0 Å². The molecule has 0 bridgehead atoms. The Morgan fingerprint density at radius 3 is 2.44 bits per heavy atom. The summed E-state index contributed by atoms with van der Waals surface area (Å²) in [6.45, 7) is 0. The molecule has 0 saturated heterocycles. The smallest absolute Gasteiger partial charge is 0.249 e. The number of carbonyl (C=O) groups excluding carboxylic acids is 1. The predicted octanol–water partition coefficient (Wildman–Crippen LogP) is 3.22. The van der Waals surface area contributed by atoms with Crippen LogP contribution in [-0.4, -0.2) is 5.91 Å². The van der Waals surface area contributed by atoms with E-state index < -0.39 is 5.91 Å². The van der Waals surface area contributed by atoms with E-state index in [1.54, 1.807) is 12.1 Å². The van der Waals surface area contributed by atoms with E-state index in [9.17, 15) is 4.79 Å². The van der Waals surface area contributed by atoms with Gasteiger partial charge in [-0.3, -0.25) is 4.79 Å². The van der Waals surface area contributed by atoms with Gasteiger partial charge in [-0.25, -0.2) is 0 Å². The molecule has 0 heterocycles. The maximum atomic E-state index is 11.3. The summed E-state index contributed by atoms with van der Waals surface area (Å²) in [5.74, 6) is -0.430. The van der Waals surface area contributed by atoms with Crippen molar-refractivity contribution in [2.45, 2.75) is 12.8 Å². The average Bonchev–Trinajstić information content (AvgIpc) is 2.38. The first-order valence-corrected chi connectivity index (χ1v) is 6.17. The van der Waals surface area contributed by atoms with Gasteiger partial charge in [0, 0.05) is 10.6 Å². The molecular formula is C15H14ClNO. The van der Waals surface area contributed by atoms with Gasteiger partial charge >= 0.3 is 0 Å². The van der Waals surface area contributed by atoms with Gasteiger partial charge in [-0.15, -0.1) is 0 Å². The molecule has 0 aliphatic heterocycles. The molecule has 2 nitrogen and oxygen atoms in total. The van der Waals surface area contributed by atoms with E-state index in [1.807, 2.05) is 24.3 Å². The molecule has 0 unspecified atom stereocenters. The normalized spacial score (nSPS) is 10.3. The minimum absolute atomic E-state index is 0.430. The van der Waals surface area contributed by atoms with E-state index in [0.29, 0.717) is 10.6 Å². The highest BCUT2D eigenvalue weighted by molar-refractivity contribution is 6.31. The molecule has 0 radical (unpaired) electrons. The third kappa shape index (κ3) is 3.11. The van der Waals surface area contributed by atoms with Crippen molar-refractivity contribution in [2.75, 3.05) is 0 Å². The molecule has 92 valence electrons. The number of primary amides is 1. The number of nitrogens with two attached hydrogens (primary N) is 1. The number of benzene rings is 2. The quantitative estimate of drug-likeness (QED) is 0.900. The molecule has 2 rings (SSSR count). The van der Waals surface area contributed by atoms with Gasteiger partial charge in [0.05, 0.1) is 0 Å². The van der Waals surface area contributed by atoms with Crippen LogP contribution in [-0.2, 0) is 12.8 Å². The SMILES string of the molecule is NC(=O)c1cc(Cl)ccc1CCc1ccccc1. The molecule has 3 heteroatoms. The largest absolute Gasteiger partial charge is 0.366 e. The Hall–Kier alpha value is -1.80. The van der Waals surface area contributed by atoms with Crippen LogP contribution < -0.4 is 5.73 Å². The van der Waals surface area contributed by atoms with E-state index in [1.165, 1.54) is 5.56 Å². The van der Waals surface area contributed by atoms with Crippen molar-refractivity contribution in [3.8, 4) is 0 Å². The lowest BCUT2D eigenvalue weighted by molar-refractivity contribution is 0.0999. The molecule has 0 saturated carbocycles. The molecule has 0 fully saturated rings. The fraction of sp³-hybridized carbons (Fsp3) is 0.133. The van der Waals surface area contributed by atoms with Gasteiger partial charge in [0.25, 0.3) is 0 Å². The van der Waals surface area contributed by atoms with E-state index in [2.05, 4.69) is 12.1 Å². The Bertz CT molecular complexity index is 552. The predicted molar refractivity (Wildman–Crippen MR) is 73.8 cm³/mol. The Morgan fingerprint density at radius 2 is 1.78 bits per heavy atom. The van der Waals surface area contributed by atoms with Crippen LogP contribution in [0.4, 0.5) is 0 Å². The second kappa shape index (κ2) is 5.69. The minimum Gasteiger partial charge on any atom is -0.366 e. The van der Waals surface area contributed by atoms with Crippen LogP contribution in [0.15, 0.2) is 48.5 Å². The fourth-order valence-corrected chi connectivity index (χ4v) is 2.09. The summed E-state index contributed by atoms with van der Waals surface area (Å²) in [6.07, 6.45) is 1.65. The van der Waals surface area contributed by atoms with Gasteiger partial charge in [-0.05, 0) is 36.1 Å². The zero-order chi connectivity index (χ0) is 13.0. The van der Waals surface area contributed by atoms with Crippen molar-refractivity contribution in [3.63, 3.8) is 0 Å². The van der Waals surface area contributed by atoms with Crippen molar-refractivity contribution in [3.05, 3.63) is 70.2 Å². The number of carbonyl (C=O) groups is 1. The van der Waals surface area contributed by atoms with E-state index in [0.717, 1.165) is 18.4 Å². The van der Waals surface area contributed by atoms with Crippen LogP contribution in [0.25, 0.3) is 0 Å². The highest BCUT2D eigenvalue weighted by Crippen LogP contribution is 2.17. The molecular weight excluding hydrogens is 246 g/mol. The summed E-state index contributed by atoms with van der Waals surface area (Å²) in [6, 6.07) is 15.4. The maximum Gasteiger partial charge on any atom is 0.249 e. The lowest BCUT2D eigenvalue weighted by atomic mass is 9.99. The number of rotatable bonds is 4. The van der Waals surface area contributed by atoms with E-state index >= 15 is 0 Å². The summed E-state index contributed by atoms with van der Waals surface area (Å²) in [5, 5.41) is 0.535. The first kappa shape index (κ1) is 12.7. The van der Waals surface area contributed by atoms with Gasteiger partial charge in [0.1, 0.15) is 0 Å². The standard InChI is InChI=1S/C15H14ClNO/c16-13-9-8-12(14(10-13)15(17)18)7-6-11-4-2-1-3-5-11/h1-5,8-10H,6-7H2,(H2,17,18). The second-order valence-corrected chi connectivity index (χ2v) is 4.59. The molecule has 0 atom stereocenters. The van der Waals surface area contributed by atoms with Gasteiger partial charge in [-0.1, -0.05) is 48.0 Å². The molecule has 2 aromatic rings. The van der Waals surface area contributed by atoms with Crippen LogP contribution in [0.5, 0.6) is 0 Å². The van der Waals surface area contributed by atoms with Crippen molar-refractivity contribution in [1.82, 2.24) is 0 Å². The minimum atomic E-state index is -0.430. The van der Waals surface area contributed by atoms with Crippen molar-refractivity contribution in [1.29, 1.82) is 0 Å². The monoisotopic (exact) mass is 259 g/mol. The third-order valence-electron chi connectivity index (χ3n) is 2.86. The lowest BCUT2D eigenvalue weighted by Crippen LogP contribution is -2.14. The van der Waals surface area contributed by atoms with Crippen LogP contribution in [0.2, 0.25) is 5.02 Å². The summed E-state index contributed by atoms with van der Waals surface area (Å²) in [4.78, 5) is 11.3.